The van der Waals surface area contributed by atoms with Gasteiger partial charge in [-0.2, -0.15) is 0 Å². The fourth-order valence-corrected chi connectivity index (χ4v) is 1.88. The largest absolute Gasteiger partial charge is 0.457 e. The van der Waals surface area contributed by atoms with Crippen molar-refractivity contribution in [3.63, 3.8) is 0 Å². The third kappa shape index (κ3) is 3.54. The highest BCUT2D eigenvalue weighted by Gasteiger charge is 2.13. The minimum absolute atomic E-state index is 0.133. The molecule has 0 fully saturated rings. The van der Waals surface area contributed by atoms with E-state index in [0.29, 0.717) is 11.4 Å². The van der Waals surface area contributed by atoms with E-state index in [9.17, 15) is 0 Å². The molecule has 1 heterocycles. The number of pyridine rings is 1. The summed E-state index contributed by atoms with van der Waals surface area (Å²) in [6, 6.07) is 11.6. The Morgan fingerprint density at radius 2 is 1.75 bits per heavy atom. The average molecular weight is 286 g/mol. The van der Waals surface area contributed by atoms with Crippen LogP contribution >= 0.6 is 12.2 Å². The smallest absolute Gasteiger partial charge is 0.131 e. The second-order valence-corrected chi connectivity index (χ2v) is 6.06. The molecule has 3 nitrogen and oxygen atoms in total. The summed E-state index contributed by atoms with van der Waals surface area (Å²) in [6.45, 7) is 6.54. The minimum Gasteiger partial charge on any atom is -0.457 e. The van der Waals surface area contributed by atoms with Crippen molar-refractivity contribution in [3.05, 3.63) is 53.9 Å². The second kappa shape index (κ2) is 5.59. The van der Waals surface area contributed by atoms with Crippen LogP contribution in [0.1, 0.15) is 32.0 Å². The predicted octanol–water partition coefficient (Wildman–Crippen LogP) is 3.81. The Balaban J connectivity index is 2.18. The minimum atomic E-state index is 0.133. The van der Waals surface area contributed by atoms with Crippen molar-refractivity contribution in [1.82, 2.24) is 4.98 Å². The zero-order valence-corrected chi connectivity index (χ0v) is 12.7. The van der Waals surface area contributed by atoms with E-state index in [-0.39, 0.29) is 10.4 Å². The van der Waals surface area contributed by atoms with Crippen molar-refractivity contribution >= 4 is 17.2 Å². The quantitative estimate of drug-likeness (QED) is 0.872. The molecule has 0 saturated heterocycles. The van der Waals surface area contributed by atoms with Gasteiger partial charge in [0.05, 0.1) is 0 Å². The van der Waals surface area contributed by atoms with Crippen molar-refractivity contribution in [2.75, 3.05) is 0 Å². The molecule has 0 aliphatic carbocycles. The summed E-state index contributed by atoms with van der Waals surface area (Å²) < 4.78 is 5.78. The van der Waals surface area contributed by atoms with Gasteiger partial charge in [-0.15, -0.1) is 0 Å². The first kappa shape index (κ1) is 14.5. The maximum Gasteiger partial charge on any atom is 0.131 e. The molecule has 0 amide bonds. The first-order valence-electron chi connectivity index (χ1n) is 6.40. The van der Waals surface area contributed by atoms with Crippen LogP contribution in [0.3, 0.4) is 0 Å². The van der Waals surface area contributed by atoms with Crippen molar-refractivity contribution in [2.45, 2.75) is 26.2 Å². The third-order valence-electron chi connectivity index (χ3n) is 2.94. The Bertz CT molecular complexity index is 615. The zero-order valence-electron chi connectivity index (χ0n) is 11.9. The van der Waals surface area contributed by atoms with E-state index in [1.807, 2.05) is 12.1 Å². The summed E-state index contributed by atoms with van der Waals surface area (Å²) in [6.07, 6.45) is 1.63. The van der Waals surface area contributed by atoms with E-state index in [2.05, 4.69) is 37.9 Å². The number of thiocarbonyl (C=S) groups is 1. The molecular formula is C16H18N2OS. The molecule has 1 aromatic carbocycles. The highest BCUT2D eigenvalue weighted by molar-refractivity contribution is 7.80. The molecule has 0 saturated carbocycles. The van der Waals surface area contributed by atoms with Gasteiger partial charge >= 0.3 is 0 Å². The molecule has 0 atom stereocenters. The molecule has 1 aromatic heterocycles. The van der Waals surface area contributed by atoms with E-state index in [1.54, 1.807) is 18.3 Å². The molecule has 104 valence electrons. The Morgan fingerprint density at radius 1 is 1.10 bits per heavy atom. The topological polar surface area (TPSA) is 48.1 Å². The van der Waals surface area contributed by atoms with Crippen LogP contribution < -0.4 is 10.5 Å². The number of rotatable bonds is 3. The summed E-state index contributed by atoms with van der Waals surface area (Å²) in [5, 5.41) is 0. The SMILES string of the molecule is CC(C)(C)c1ccc(Oc2ccnc(C(N)=S)c2)cc1. The molecule has 0 aliphatic heterocycles. The van der Waals surface area contributed by atoms with Crippen LogP contribution in [-0.4, -0.2) is 9.97 Å². The van der Waals surface area contributed by atoms with Crippen molar-refractivity contribution in [2.24, 2.45) is 5.73 Å². The molecule has 20 heavy (non-hydrogen) atoms. The summed E-state index contributed by atoms with van der Waals surface area (Å²) in [4.78, 5) is 4.34. The first-order valence-corrected chi connectivity index (χ1v) is 6.81. The van der Waals surface area contributed by atoms with Crippen LogP contribution in [0.15, 0.2) is 42.6 Å². The van der Waals surface area contributed by atoms with E-state index in [4.69, 9.17) is 22.7 Å². The van der Waals surface area contributed by atoms with Crippen molar-refractivity contribution < 1.29 is 4.74 Å². The lowest BCUT2D eigenvalue weighted by Gasteiger charge is -2.19. The van der Waals surface area contributed by atoms with Crippen LogP contribution in [0, 0.1) is 0 Å². The average Bonchev–Trinajstić information content (AvgIpc) is 2.38. The third-order valence-corrected chi connectivity index (χ3v) is 3.15. The number of hydrogen-bond acceptors (Lipinski definition) is 3. The standard InChI is InChI=1S/C16H18N2OS/c1-16(2,3)11-4-6-12(7-5-11)19-13-8-9-18-14(10-13)15(17)20/h4-10H,1-3H3,(H2,17,20). The van der Waals surface area contributed by atoms with E-state index >= 15 is 0 Å². The Morgan fingerprint density at radius 3 is 2.30 bits per heavy atom. The molecule has 0 unspecified atom stereocenters. The number of ether oxygens (including phenoxy) is 1. The lowest BCUT2D eigenvalue weighted by atomic mass is 9.87. The van der Waals surface area contributed by atoms with Crippen molar-refractivity contribution in [1.29, 1.82) is 0 Å². The maximum atomic E-state index is 5.78. The van der Waals surface area contributed by atoms with Gasteiger partial charge in [0.2, 0.25) is 0 Å². The van der Waals surface area contributed by atoms with Crippen LogP contribution in [0.4, 0.5) is 0 Å². The van der Waals surface area contributed by atoms with Gasteiger partial charge in [0.15, 0.2) is 0 Å². The normalized spacial score (nSPS) is 11.2. The molecule has 4 heteroatoms. The number of aromatic nitrogens is 1. The first-order chi connectivity index (χ1) is 9.36. The second-order valence-electron chi connectivity index (χ2n) is 5.62. The molecular weight excluding hydrogens is 268 g/mol. The number of benzene rings is 1. The van der Waals surface area contributed by atoms with Crippen LogP contribution in [0.2, 0.25) is 0 Å². The van der Waals surface area contributed by atoms with Crippen molar-refractivity contribution in [3.8, 4) is 11.5 Å². The van der Waals surface area contributed by atoms with Gasteiger partial charge in [0.1, 0.15) is 22.2 Å². The van der Waals surface area contributed by atoms with Crippen LogP contribution in [0.5, 0.6) is 11.5 Å². The highest BCUT2D eigenvalue weighted by Crippen LogP contribution is 2.26. The molecule has 0 bridgehead atoms. The molecule has 2 aromatic rings. The molecule has 2 rings (SSSR count). The van der Waals surface area contributed by atoms with Gasteiger partial charge in [-0.1, -0.05) is 45.1 Å². The lowest BCUT2D eigenvalue weighted by Crippen LogP contribution is -2.11. The van der Waals surface area contributed by atoms with Gasteiger partial charge in [-0.25, -0.2) is 0 Å². The van der Waals surface area contributed by atoms with E-state index in [0.717, 1.165) is 5.75 Å². The van der Waals surface area contributed by atoms with E-state index in [1.165, 1.54) is 5.56 Å². The molecule has 0 spiro atoms. The number of nitrogens with zero attached hydrogens (tertiary/aromatic N) is 1. The number of hydrogen-bond donors (Lipinski definition) is 1. The van der Waals surface area contributed by atoms with Crippen LogP contribution in [-0.2, 0) is 5.41 Å². The summed E-state index contributed by atoms with van der Waals surface area (Å²) in [5.41, 5.74) is 7.52. The van der Waals surface area contributed by atoms with Gasteiger partial charge in [0.25, 0.3) is 0 Å². The van der Waals surface area contributed by atoms with Gasteiger partial charge in [0, 0.05) is 12.3 Å². The monoisotopic (exact) mass is 286 g/mol. The fraction of sp³-hybridized carbons (Fsp3) is 0.250. The van der Waals surface area contributed by atoms with Crippen LogP contribution in [0.25, 0.3) is 0 Å². The van der Waals surface area contributed by atoms with Gasteiger partial charge < -0.3 is 10.5 Å². The summed E-state index contributed by atoms with van der Waals surface area (Å²) in [7, 11) is 0. The molecule has 0 aliphatic rings. The molecule has 0 radical (unpaired) electrons. The zero-order chi connectivity index (χ0) is 14.8. The Hall–Kier alpha value is -1.94. The molecule has 2 N–H and O–H groups in total. The van der Waals surface area contributed by atoms with Gasteiger partial charge in [-0.05, 0) is 29.2 Å². The predicted molar refractivity (Wildman–Crippen MR) is 85.3 cm³/mol. The number of nitrogens with two attached hydrogens (primary N) is 1. The Labute approximate surface area is 124 Å². The Kier molecular flexibility index (Phi) is 4.04. The lowest BCUT2D eigenvalue weighted by molar-refractivity contribution is 0.480. The summed E-state index contributed by atoms with van der Waals surface area (Å²) >= 11 is 4.90. The maximum absolute atomic E-state index is 5.78. The summed E-state index contributed by atoms with van der Waals surface area (Å²) in [5.74, 6) is 1.45. The highest BCUT2D eigenvalue weighted by atomic mass is 32.1. The van der Waals surface area contributed by atoms with E-state index < -0.39 is 0 Å². The fourth-order valence-electron chi connectivity index (χ4n) is 1.77. The van der Waals surface area contributed by atoms with Gasteiger partial charge in [-0.3, -0.25) is 4.98 Å².